The highest BCUT2D eigenvalue weighted by atomic mass is 35.5. The fourth-order valence-corrected chi connectivity index (χ4v) is 2.49. The Labute approximate surface area is 137 Å². The Morgan fingerprint density at radius 3 is 2.45 bits per heavy atom. The molecule has 0 aliphatic rings. The molecule has 0 saturated carbocycles. The first-order valence-electron chi connectivity index (χ1n) is 7.39. The predicted octanol–water partition coefficient (Wildman–Crippen LogP) is 4.35. The summed E-state index contributed by atoms with van der Waals surface area (Å²) in [4.78, 5) is 0. The number of hydrogen-bond acceptors (Lipinski definition) is 3. The van der Waals surface area contributed by atoms with Crippen molar-refractivity contribution >= 4 is 11.6 Å². The Balaban J connectivity index is 2.07. The number of aryl methyl sites for hydroxylation is 1. The lowest BCUT2D eigenvalue weighted by molar-refractivity contribution is 0.307. The van der Waals surface area contributed by atoms with Gasteiger partial charge in [-0.1, -0.05) is 41.4 Å². The molecular formula is C18H22ClNO2. The van der Waals surface area contributed by atoms with Crippen molar-refractivity contribution in [3.8, 4) is 11.5 Å². The summed E-state index contributed by atoms with van der Waals surface area (Å²) >= 11 is 6.15. The quantitative estimate of drug-likeness (QED) is 0.823. The van der Waals surface area contributed by atoms with E-state index in [1.165, 1.54) is 11.1 Å². The molecule has 0 saturated heterocycles. The van der Waals surface area contributed by atoms with Gasteiger partial charge in [0.1, 0.15) is 0 Å². The zero-order valence-electron chi connectivity index (χ0n) is 13.3. The molecule has 4 heteroatoms. The number of ether oxygens (including phenoxy) is 2. The molecule has 118 valence electrons. The summed E-state index contributed by atoms with van der Waals surface area (Å²) in [5, 5.41) is 4.07. The van der Waals surface area contributed by atoms with Crippen LogP contribution in [0.4, 0.5) is 0 Å². The third kappa shape index (κ3) is 4.39. The average Bonchev–Trinajstić information content (AvgIpc) is 2.51. The highest BCUT2D eigenvalue weighted by Gasteiger charge is 2.12. The maximum atomic E-state index is 6.15. The molecule has 0 radical (unpaired) electrons. The van der Waals surface area contributed by atoms with Crippen molar-refractivity contribution < 1.29 is 9.47 Å². The van der Waals surface area contributed by atoms with E-state index in [2.05, 4.69) is 36.5 Å². The minimum absolute atomic E-state index is 0.586. The number of halogens is 1. The third-order valence-corrected chi connectivity index (χ3v) is 3.59. The first kappa shape index (κ1) is 16.7. The SMILES string of the molecule is CCOc1c(CNCc2ccc(C)cc2)cc(Cl)cc1OC. The minimum atomic E-state index is 0.586. The summed E-state index contributed by atoms with van der Waals surface area (Å²) in [7, 11) is 1.62. The first-order valence-corrected chi connectivity index (χ1v) is 7.77. The second-order valence-electron chi connectivity index (χ2n) is 5.12. The molecule has 0 spiro atoms. The molecular weight excluding hydrogens is 298 g/mol. The van der Waals surface area contributed by atoms with E-state index in [4.69, 9.17) is 21.1 Å². The van der Waals surface area contributed by atoms with E-state index in [0.717, 1.165) is 17.9 Å². The highest BCUT2D eigenvalue weighted by molar-refractivity contribution is 6.30. The van der Waals surface area contributed by atoms with Crippen molar-refractivity contribution in [1.82, 2.24) is 5.32 Å². The zero-order valence-corrected chi connectivity index (χ0v) is 14.0. The molecule has 0 amide bonds. The largest absolute Gasteiger partial charge is 0.493 e. The van der Waals surface area contributed by atoms with Crippen molar-refractivity contribution in [3.05, 3.63) is 58.1 Å². The Bertz CT molecular complexity index is 611. The summed E-state index contributed by atoms with van der Waals surface area (Å²) in [5.74, 6) is 1.42. The van der Waals surface area contributed by atoms with Crippen molar-refractivity contribution in [2.24, 2.45) is 0 Å². The van der Waals surface area contributed by atoms with E-state index in [-0.39, 0.29) is 0 Å². The van der Waals surface area contributed by atoms with Gasteiger partial charge in [-0.25, -0.2) is 0 Å². The predicted molar refractivity (Wildman–Crippen MR) is 90.9 cm³/mol. The first-order chi connectivity index (χ1) is 10.6. The zero-order chi connectivity index (χ0) is 15.9. The third-order valence-electron chi connectivity index (χ3n) is 3.37. The number of rotatable bonds is 7. The maximum Gasteiger partial charge on any atom is 0.165 e. The molecule has 22 heavy (non-hydrogen) atoms. The molecule has 2 aromatic carbocycles. The number of hydrogen-bond donors (Lipinski definition) is 1. The van der Waals surface area contributed by atoms with E-state index in [0.29, 0.717) is 23.9 Å². The van der Waals surface area contributed by atoms with Crippen LogP contribution in [0.2, 0.25) is 5.02 Å². The standard InChI is InChI=1S/C18H22ClNO2/c1-4-22-18-15(9-16(19)10-17(18)21-3)12-20-11-14-7-5-13(2)6-8-14/h5-10,20H,4,11-12H2,1-3H3. The molecule has 2 rings (SSSR count). The Morgan fingerprint density at radius 2 is 1.82 bits per heavy atom. The minimum Gasteiger partial charge on any atom is -0.493 e. The number of nitrogens with one attached hydrogen (secondary N) is 1. The Hall–Kier alpha value is -1.71. The molecule has 0 unspecified atom stereocenters. The van der Waals surface area contributed by atoms with Gasteiger partial charge in [-0.2, -0.15) is 0 Å². The van der Waals surface area contributed by atoms with Crippen LogP contribution in [0.1, 0.15) is 23.6 Å². The summed E-state index contributed by atoms with van der Waals surface area (Å²) in [6.07, 6.45) is 0. The van der Waals surface area contributed by atoms with Gasteiger partial charge in [-0.3, -0.25) is 0 Å². The average molecular weight is 320 g/mol. The summed E-state index contributed by atoms with van der Waals surface area (Å²) in [6.45, 7) is 6.09. The fraction of sp³-hybridized carbons (Fsp3) is 0.333. The van der Waals surface area contributed by atoms with Gasteiger partial charge in [-0.15, -0.1) is 0 Å². The smallest absolute Gasteiger partial charge is 0.165 e. The molecule has 0 aliphatic carbocycles. The second kappa shape index (κ2) is 8.06. The van der Waals surface area contributed by atoms with E-state index in [9.17, 15) is 0 Å². The molecule has 0 bridgehead atoms. The highest BCUT2D eigenvalue weighted by Crippen LogP contribution is 2.34. The van der Waals surface area contributed by atoms with Crippen LogP contribution < -0.4 is 14.8 Å². The molecule has 3 nitrogen and oxygen atoms in total. The normalized spacial score (nSPS) is 10.5. The number of methoxy groups -OCH3 is 1. The van der Waals surface area contributed by atoms with Gasteiger partial charge in [0.15, 0.2) is 11.5 Å². The van der Waals surface area contributed by atoms with Gasteiger partial charge in [0.25, 0.3) is 0 Å². The Kier molecular flexibility index (Phi) is 6.10. The Morgan fingerprint density at radius 1 is 1.09 bits per heavy atom. The van der Waals surface area contributed by atoms with Crippen molar-refractivity contribution in [2.75, 3.05) is 13.7 Å². The summed E-state index contributed by atoms with van der Waals surface area (Å²) in [6, 6.07) is 12.2. The van der Waals surface area contributed by atoms with Crippen LogP contribution in [0.15, 0.2) is 36.4 Å². The van der Waals surface area contributed by atoms with Crippen LogP contribution in [-0.4, -0.2) is 13.7 Å². The van der Waals surface area contributed by atoms with Crippen molar-refractivity contribution in [1.29, 1.82) is 0 Å². The van der Waals surface area contributed by atoms with Gasteiger partial charge in [0.05, 0.1) is 13.7 Å². The lowest BCUT2D eigenvalue weighted by atomic mass is 10.1. The van der Waals surface area contributed by atoms with E-state index >= 15 is 0 Å². The topological polar surface area (TPSA) is 30.5 Å². The monoisotopic (exact) mass is 319 g/mol. The molecule has 0 fully saturated rings. The second-order valence-corrected chi connectivity index (χ2v) is 5.55. The summed E-state index contributed by atoms with van der Waals surface area (Å²) < 4.78 is 11.1. The van der Waals surface area contributed by atoms with Crippen LogP contribution in [0.25, 0.3) is 0 Å². The lowest BCUT2D eigenvalue weighted by Crippen LogP contribution is -2.14. The van der Waals surface area contributed by atoms with Gasteiger partial charge in [-0.05, 0) is 25.5 Å². The van der Waals surface area contributed by atoms with Crippen molar-refractivity contribution in [3.63, 3.8) is 0 Å². The van der Waals surface area contributed by atoms with Gasteiger partial charge in [0, 0.05) is 29.7 Å². The molecule has 0 heterocycles. The summed E-state index contributed by atoms with van der Waals surface area (Å²) in [5.41, 5.74) is 3.51. The van der Waals surface area contributed by atoms with E-state index in [1.54, 1.807) is 13.2 Å². The molecule has 0 aliphatic heterocycles. The fourth-order valence-electron chi connectivity index (χ4n) is 2.26. The molecule has 0 aromatic heterocycles. The van der Waals surface area contributed by atoms with Crippen molar-refractivity contribution in [2.45, 2.75) is 26.9 Å². The molecule has 0 atom stereocenters. The van der Waals surface area contributed by atoms with E-state index < -0.39 is 0 Å². The number of benzene rings is 2. The van der Waals surface area contributed by atoms with Gasteiger partial charge >= 0.3 is 0 Å². The molecule has 1 N–H and O–H groups in total. The lowest BCUT2D eigenvalue weighted by Gasteiger charge is -2.15. The molecule has 2 aromatic rings. The van der Waals surface area contributed by atoms with Gasteiger partial charge < -0.3 is 14.8 Å². The van der Waals surface area contributed by atoms with Crippen LogP contribution in [0.5, 0.6) is 11.5 Å². The van der Waals surface area contributed by atoms with Crippen LogP contribution in [0.3, 0.4) is 0 Å². The van der Waals surface area contributed by atoms with Gasteiger partial charge in [0.2, 0.25) is 0 Å². The maximum absolute atomic E-state index is 6.15. The van der Waals surface area contributed by atoms with E-state index in [1.807, 2.05) is 13.0 Å². The van der Waals surface area contributed by atoms with Crippen LogP contribution in [0, 0.1) is 6.92 Å². The van der Waals surface area contributed by atoms with Crippen LogP contribution >= 0.6 is 11.6 Å². The van der Waals surface area contributed by atoms with Crippen LogP contribution in [-0.2, 0) is 13.1 Å².